The van der Waals surface area contributed by atoms with Crippen LogP contribution in [0, 0.1) is 0 Å². The van der Waals surface area contributed by atoms with E-state index in [1.165, 1.54) is 128 Å². The van der Waals surface area contributed by atoms with E-state index in [2.05, 4.69) is 13.8 Å². The fraction of sp³-hybridized carbons (Fsp3) is 0.955. The number of esters is 2. The largest absolute Gasteiger partial charge is 0.463 e. The Balaban J connectivity index is 3.18. The molecule has 0 atom stereocenters. The van der Waals surface area contributed by atoms with Crippen molar-refractivity contribution >= 4 is 11.9 Å². The Morgan fingerprint density at radius 1 is 0.259 bits per heavy atom. The van der Waals surface area contributed by atoms with Gasteiger partial charge in [-0.2, -0.15) is 0 Å². The average molecular weight is 775 g/mol. The van der Waals surface area contributed by atoms with Crippen molar-refractivity contribution in [2.45, 2.75) is 181 Å². The third-order valence-electron chi connectivity index (χ3n) is 9.31. The zero-order valence-electron chi connectivity index (χ0n) is 35.4. The van der Waals surface area contributed by atoms with Crippen LogP contribution in [0.1, 0.15) is 181 Å². The van der Waals surface area contributed by atoms with Crippen LogP contribution in [-0.4, -0.2) is 104 Å². The van der Waals surface area contributed by atoms with Crippen LogP contribution in [0.15, 0.2) is 0 Å². The number of hydrogen-bond acceptors (Lipinski definition) is 10. The summed E-state index contributed by atoms with van der Waals surface area (Å²) in [6.07, 6.45) is 31.8. The van der Waals surface area contributed by atoms with Gasteiger partial charge in [0.15, 0.2) is 0 Å². The average Bonchev–Trinajstić information content (AvgIpc) is 3.17. The van der Waals surface area contributed by atoms with Gasteiger partial charge in [-0.3, -0.25) is 9.59 Å². The molecule has 0 bridgehead atoms. The van der Waals surface area contributed by atoms with Crippen LogP contribution in [0.2, 0.25) is 0 Å². The van der Waals surface area contributed by atoms with Crippen molar-refractivity contribution in [1.29, 1.82) is 0 Å². The van der Waals surface area contributed by atoms with Gasteiger partial charge in [-0.1, -0.05) is 155 Å². The molecule has 54 heavy (non-hydrogen) atoms. The van der Waals surface area contributed by atoms with E-state index in [0.29, 0.717) is 92.1 Å². The number of ether oxygens (including phenoxy) is 8. The van der Waals surface area contributed by atoms with Crippen molar-refractivity contribution in [3.63, 3.8) is 0 Å². The highest BCUT2D eigenvalue weighted by Gasteiger charge is 2.04. The summed E-state index contributed by atoms with van der Waals surface area (Å²) in [6, 6.07) is 0. The van der Waals surface area contributed by atoms with Crippen LogP contribution in [0.3, 0.4) is 0 Å². The lowest BCUT2D eigenvalue weighted by Gasteiger charge is -2.09. The minimum Gasteiger partial charge on any atom is -0.463 e. The first-order valence-electron chi connectivity index (χ1n) is 22.5. The lowest BCUT2D eigenvalue weighted by molar-refractivity contribution is -0.146. The zero-order chi connectivity index (χ0) is 39.1. The Morgan fingerprint density at radius 3 is 0.667 bits per heavy atom. The van der Waals surface area contributed by atoms with Gasteiger partial charge >= 0.3 is 11.9 Å². The number of rotatable bonds is 47. The quantitative estimate of drug-likeness (QED) is 0.0438. The van der Waals surface area contributed by atoms with Crippen molar-refractivity contribution < 1.29 is 47.5 Å². The van der Waals surface area contributed by atoms with Gasteiger partial charge in [0.25, 0.3) is 0 Å². The van der Waals surface area contributed by atoms with E-state index < -0.39 is 0 Å². The molecule has 0 rings (SSSR count). The van der Waals surface area contributed by atoms with E-state index in [1.807, 2.05) is 0 Å². The molecule has 0 saturated heterocycles. The number of hydrogen-bond donors (Lipinski definition) is 0. The number of carbonyl (C=O) groups is 2. The van der Waals surface area contributed by atoms with Gasteiger partial charge in [0.05, 0.1) is 79.3 Å². The normalized spacial score (nSPS) is 11.4. The van der Waals surface area contributed by atoms with Crippen LogP contribution in [0.25, 0.3) is 0 Å². The molecule has 0 heterocycles. The second kappa shape index (κ2) is 47.9. The van der Waals surface area contributed by atoms with Crippen molar-refractivity contribution in [3.8, 4) is 0 Å². The highest BCUT2D eigenvalue weighted by molar-refractivity contribution is 5.69. The van der Waals surface area contributed by atoms with E-state index in [0.717, 1.165) is 25.7 Å². The zero-order valence-corrected chi connectivity index (χ0v) is 35.4. The van der Waals surface area contributed by atoms with Gasteiger partial charge < -0.3 is 37.9 Å². The Kier molecular flexibility index (Phi) is 46.7. The first kappa shape index (κ1) is 52.7. The summed E-state index contributed by atoms with van der Waals surface area (Å²) in [5.74, 6) is -0.265. The molecule has 10 heteroatoms. The van der Waals surface area contributed by atoms with Crippen LogP contribution >= 0.6 is 0 Å². The maximum absolute atomic E-state index is 11.9. The molecule has 0 aliphatic carbocycles. The predicted molar refractivity (Wildman–Crippen MR) is 218 cm³/mol. The van der Waals surface area contributed by atoms with Crippen molar-refractivity contribution in [3.05, 3.63) is 0 Å². The molecule has 0 aliphatic rings. The molecule has 0 aromatic heterocycles. The summed E-state index contributed by atoms with van der Waals surface area (Å²) in [5, 5.41) is 0. The summed E-state index contributed by atoms with van der Waals surface area (Å²) in [4.78, 5) is 23.7. The van der Waals surface area contributed by atoms with E-state index in [-0.39, 0.29) is 25.2 Å². The maximum atomic E-state index is 11.9. The fourth-order valence-electron chi connectivity index (χ4n) is 6.00. The summed E-state index contributed by atoms with van der Waals surface area (Å²) < 4.78 is 43.4. The Labute approximate surface area is 332 Å². The molecule has 0 unspecified atom stereocenters. The van der Waals surface area contributed by atoms with E-state index in [9.17, 15) is 9.59 Å². The molecule has 322 valence electrons. The van der Waals surface area contributed by atoms with Gasteiger partial charge in [0.2, 0.25) is 0 Å². The van der Waals surface area contributed by atoms with Crippen LogP contribution < -0.4 is 0 Å². The van der Waals surface area contributed by atoms with Gasteiger partial charge in [0.1, 0.15) is 13.2 Å². The number of carbonyl (C=O) groups excluding carboxylic acids is 2. The topological polar surface area (TPSA) is 108 Å². The lowest BCUT2D eigenvalue weighted by atomic mass is 10.0. The second-order valence-corrected chi connectivity index (χ2v) is 14.4. The Morgan fingerprint density at radius 2 is 0.444 bits per heavy atom. The van der Waals surface area contributed by atoms with Crippen LogP contribution in [-0.2, 0) is 47.5 Å². The standard InChI is InChI=1S/C44H86O10/c1-3-5-7-9-11-13-14-15-16-17-18-20-22-24-26-28-44(46)54-42-40-52-38-36-50-34-32-48-30-29-47-31-33-49-35-37-51-39-41-53-43(45)27-25-23-21-19-12-10-8-6-4-2/h3-42H2,1-2H3. The minimum atomic E-state index is -0.135. The van der Waals surface area contributed by atoms with E-state index >= 15 is 0 Å². The first-order valence-corrected chi connectivity index (χ1v) is 22.5. The summed E-state index contributed by atoms with van der Waals surface area (Å²) in [7, 11) is 0. The first-order chi connectivity index (χ1) is 26.7. The van der Waals surface area contributed by atoms with Crippen LogP contribution in [0.4, 0.5) is 0 Å². The molecule has 0 fully saturated rings. The van der Waals surface area contributed by atoms with Gasteiger partial charge in [-0.15, -0.1) is 0 Å². The van der Waals surface area contributed by atoms with Crippen LogP contribution in [0.5, 0.6) is 0 Å². The summed E-state index contributed by atoms with van der Waals surface area (Å²) in [6.45, 7) is 10.6. The molecule has 0 saturated carbocycles. The molecule has 0 N–H and O–H groups in total. The van der Waals surface area contributed by atoms with Gasteiger partial charge in [-0.05, 0) is 12.8 Å². The molecule has 10 nitrogen and oxygen atoms in total. The number of unbranched alkanes of at least 4 members (excludes halogenated alkanes) is 22. The third kappa shape index (κ3) is 46.9. The molecule has 0 aromatic carbocycles. The van der Waals surface area contributed by atoms with Gasteiger partial charge in [0, 0.05) is 12.8 Å². The van der Waals surface area contributed by atoms with Crippen molar-refractivity contribution in [2.75, 3.05) is 92.5 Å². The highest BCUT2D eigenvalue weighted by atomic mass is 16.6. The Bertz CT molecular complexity index is 738. The molecule has 0 radical (unpaired) electrons. The molecular formula is C44H86O10. The van der Waals surface area contributed by atoms with E-state index in [1.54, 1.807) is 0 Å². The molecule has 0 aliphatic heterocycles. The second-order valence-electron chi connectivity index (χ2n) is 14.4. The molecular weight excluding hydrogens is 688 g/mol. The molecule has 0 amide bonds. The lowest BCUT2D eigenvalue weighted by Crippen LogP contribution is -2.15. The van der Waals surface area contributed by atoms with Gasteiger partial charge in [-0.25, -0.2) is 0 Å². The highest BCUT2D eigenvalue weighted by Crippen LogP contribution is 2.14. The smallest absolute Gasteiger partial charge is 0.305 e. The monoisotopic (exact) mass is 775 g/mol. The minimum absolute atomic E-state index is 0.130. The van der Waals surface area contributed by atoms with E-state index in [4.69, 9.17) is 37.9 Å². The fourth-order valence-corrected chi connectivity index (χ4v) is 6.00. The summed E-state index contributed by atoms with van der Waals surface area (Å²) >= 11 is 0. The van der Waals surface area contributed by atoms with Crippen molar-refractivity contribution in [2.24, 2.45) is 0 Å². The summed E-state index contributed by atoms with van der Waals surface area (Å²) in [5.41, 5.74) is 0. The SMILES string of the molecule is CCCCCCCCCCCCCCCCCC(=O)OCCOCCOCCOCCOCCOCCOCCOC(=O)CCCCCCCCCCC. The van der Waals surface area contributed by atoms with Crippen molar-refractivity contribution in [1.82, 2.24) is 0 Å². The Hall–Kier alpha value is -1.30. The third-order valence-corrected chi connectivity index (χ3v) is 9.31. The maximum Gasteiger partial charge on any atom is 0.305 e. The predicted octanol–water partition coefficient (Wildman–Crippen LogP) is 10.4. The molecule has 0 aromatic rings. The molecule has 0 spiro atoms.